The maximum Gasteiger partial charge on any atom is -0.0129 e. The molecule has 2 aromatic rings. The van der Waals surface area contributed by atoms with Gasteiger partial charge in [-0.05, 0) is 35.4 Å². The molecule has 0 N–H and O–H groups in total. The third-order valence-electron chi connectivity index (χ3n) is 7.38. The number of benzene rings is 2. The molecular weight excluding hydrogens is 619 g/mol. The van der Waals surface area contributed by atoms with Crippen LogP contribution in [0.3, 0.4) is 0 Å². The van der Waals surface area contributed by atoms with Crippen molar-refractivity contribution in [1.82, 2.24) is 0 Å². The second-order valence-electron chi connectivity index (χ2n) is 14.8. The van der Waals surface area contributed by atoms with Gasteiger partial charge in [0, 0.05) is 0 Å². The Balaban J connectivity index is 0.000000754. The van der Waals surface area contributed by atoms with Crippen molar-refractivity contribution < 1.29 is 49.0 Å². The average molecular weight is 673 g/mol. The Kier molecular flexibility index (Phi) is 15.5. The minimum atomic E-state index is 0. The SMILES string of the molecule is CCCC1[C-]=CC(C(C)(C)C)=C1.C[C](C)=[Zr+2].Cc1[c-]c2c(cc1C(C)(C)C)-c1cc(C(C)(C)C)c(C)cc1C2.[Cl-].[Cl-]. The van der Waals surface area contributed by atoms with Gasteiger partial charge in [-0.25, -0.2) is 6.08 Å². The Hall–Kier alpha value is -0.747. The summed E-state index contributed by atoms with van der Waals surface area (Å²) >= 11 is 1.55. The molecule has 41 heavy (non-hydrogen) atoms. The summed E-state index contributed by atoms with van der Waals surface area (Å²) in [5.74, 6) is 0.587. The third-order valence-corrected chi connectivity index (χ3v) is 7.38. The van der Waals surface area contributed by atoms with Crippen LogP contribution in [0.25, 0.3) is 11.1 Å². The van der Waals surface area contributed by atoms with E-state index in [2.05, 4.69) is 139 Å². The molecule has 0 nitrogen and oxygen atoms in total. The number of rotatable bonds is 2. The van der Waals surface area contributed by atoms with Crippen LogP contribution in [0.15, 0.2) is 35.9 Å². The van der Waals surface area contributed by atoms with E-state index in [1.54, 1.807) is 24.2 Å². The summed E-state index contributed by atoms with van der Waals surface area (Å²) in [6, 6.07) is 10.9. The molecule has 226 valence electrons. The molecular formula is C38H54Cl2Zr-2. The first kappa shape index (κ1) is 40.3. The second-order valence-corrected chi connectivity index (χ2v) is 17.2. The van der Waals surface area contributed by atoms with Gasteiger partial charge in [0.25, 0.3) is 0 Å². The molecule has 4 rings (SSSR count). The maximum atomic E-state index is 3.69. The van der Waals surface area contributed by atoms with Crippen molar-refractivity contribution >= 4 is 3.21 Å². The van der Waals surface area contributed by atoms with E-state index in [1.165, 1.54) is 66.1 Å². The van der Waals surface area contributed by atoms with Gasteiger partial charge < -0.3 is 24.8 Å². The summed E-state index contributed by atoms with van der Waals surface area (Å²) in [5, 5.41) is 0. The van der Waals surface area contributed by atoms with Crippen LogP contribution in [0.5, 0.6) is 0 Å². The summed E-state index contributed by atoms with van der Waals surface area (Å²) in [7, 11) is 0. The molecule has 0 aliphatic heterocycles. The quantitative estimate of drug-likeness (QED) is 0.345. The van der Waals surface area contributed by atoms with Crippen LogP contribution in [0.4, 0.5) is 0 Å². The number of hydrogen-bond acceptors (Lipinski definition) is 0. The molecule has 0 saturated carbocycles. The van der Waals surface area contributed by atoms with Crippen LogP contribution in [-0.2, 0) is 41.5 Å². The molecule has 0 radical (unpaired) electrons. The monoisotopic (exact) mass is 670 g/mol. The number of fused-ring (bicyclic) bond motifs is 3. The van der Waals surface area contributed by atoms with E-state index in [4.69, 9.17) is 0 Å². The fourth-order valence-corrected chi connectivity index (χ4v) is 5.48. The number of halogens is 2. The number of aryl methyl sites for hydroxylation is 2. The molecule has 0 bridgehead atoms. The zero-order chi connectivity index (χ0) is 29.9. The number of hydrogen-bond donors (Lipinski definition) is 0. The second kappa shape index (κ2) is 15.8. The number of allylic oxidation sites excluding steroid dienone is 4. The molecule has 0 spiro atoms. The largest absolute Gasteiger partial charge is 1.00 e. The zero-order valence-corrected chi connectivity index (χ0v) is 32.3. The first-order valence-corrected chi connectivity index (χ1v) is 16.0. The van der Waals surface area contributed by atoms with Crippen molar-refractivity contribution in [2.24, 2.45) is 11.3 Å². The van der Waals surface area contributed by atoms with Gasteiger partial charge in [-0.15, -0.1) is 16.7 Å². The van der Waals surface area contributed by atoms with E-state index in [0.29, 0.717) is 11.3 Å². The van der Waals surface area contributed by atoms with Gasteiger partial charge in [0.05, 0.1) is 0 Å². The summed E-state index contributed by atoms with van der Waals surface area (Å²) in [5.41, 5.74) is 13.4. The van der Waals surface area contributed by atoms with Crippen LogP contribution < -0.4 is 24.8 Å². The van der Waals surface area contributed by atoms with Gasteiger partial charge in [-0.3, -0.25) is 6.08 Å². The topological polar surface area (TPSA) is 0 Å². The summed E-state index contributed by atoms with van der Waals surface area (Å²) in [6.45, 7) is 31.5. The normalized spacial score (nSPS) is 15.2. The fourth-order valence-electron chi connectivity index (χ4n) is 5.48. The van der Waals surface area contributed by atoms with Crippen molar-refractivity contribution in [3.8, 4) is 11.1 Å². The van der Waals surface area contributed by atoms with Gasteiger partial charge in [-0.1, -0.05) is 123 Å². The molecule has 1 atom stereocenters. The zero-order valence-electron chi connectivity index (χ0n) is 28.3. The molecule has 0 saturated heterocycles. The van der Waals surface area contributed by atoms with Crippen LogP contribution in [0.2, 0.25) is 0 Å². The van der Waals surface area contributed by atoms with Crippen molar-refractivity contribution in [2.75, 3.05) is 0 Å². The standard InChI is InChI=1S/C23H29.C12H19.C3H6.2ClH.Zr/c1-14-9-16-11-17-10-15(2)21(23(6,7)8)13-19(17)18(16)12-20(14)22(3,4)5;1-5-6-10-7-8-11(9-10)12(2,3)4;1-3-2;;;/h9,12-13H,11H2,1-8H3;8-10H,5-6H2,1-4H3;1-2H3;2*1H;/q2*-1;;;;+2/p-2. The van der Waals surface area contributed by atoms with Gasteiger partial charge in [-0.2, -0.15) is 29.3 Å². The Morgan fingerprint density at radius 1 is 0.829 bits per heavy atom. The first-order chi connectivity index (χ1) is 17.8. The van der Waals surface area contributed by atoms with Crippen LogP contribution in [0, 0.1) is 37.3 Å². The van der Waals surface area contributed by atoms with Gasteiger partial charge in [0.1, 0.15) is 0 Å². The molecule has 2 aliphatic rings. The van der Waals surface area contributed by atoms with Crippen molar-refractivity contribution in [3.05, 3.63) is 81.4 Å². The third kappa shape index (κ3) is 11.4. The minimum absolute atomic E-state index is 0. The van der Waals surface area contributed by atoms with Crippen molar-refractivity contribution in [1.29, 1.82) is 0 Å². The molecule has 3 heteroatoms. The van der Waals surface area contributed by atoms with Gasteiger partial charge >= 0.3 is 41.3 Å². The first-order valence-electron chi connectivity index (χ1n) is 14.8. The summed E-state index contributed by atoms with van der Waals surface area (Å²) in [4.78, 5) is 0. The Labute approximate surface area is 281 Å². The van der Waals surface area contributed by atoms with Crippen LogP contribution >= 0.6 is 0 Å². The Bertz CT molecular complexity index is 1170. The smallest absolute Gasteiger partial charge is 0.0129 e. The minimum Gasteiger partial charge on any atom is -1.00 e. The van der Waals surface area contributed by atoms with E-state index in [9.17, 15) is 0 Å². The molecule has 0 amide bonds. The predicted octanol–water partition coefficient (Wildman–Crippen LogP) is 4.77. The predicted molar refractivity (Wildman–Crippen MR) is 170 cm³/mol. The fraction of sp³-hybridized carbons (Fsp3) is 0.553. The van der Waals surface area contributed by atoms with Crippen LogP contribution in [0.1, 0.15) is 129 Å². The maximum absolute atomic E-state index is 3.69. The molecule has 0 fully saturated rings. The van der Waals surface area contributed by atoms with Crippen molar-refractivity contribution in [3.63, 3.8) is 0 Å². The average Bonchev–Trinajstić information content (AvgIpc) is 3.35. The van der Waals surface area contributed by atoms with E-state index >= 15 is 0 Å². The Morgan fingerprint density at radius 2 is 1.34 bits per heavy atom. The molecule has 2 aromatic carbocycles. The van der Waals surface area contributed by atoms with Crippen LogP contribution in [-0.4, -0.2) is 3.21 Å². The van der Waals surface area contributed by atoms with Gasteiger partial charge in [0.15, 0.2) is 0 Å². The molecule has 2 aliphatic carbocycles. The van der Waals surface area contributed by atoms with E-state index < -0.39 is 0 Å². The van der Waals surface area contributed by atoms with E-state index in [1.807, 2.05) is 0 Å². The summed E-state index contributed by atoms with van der Waals surface area (Å²) in [6.07, 6.45) is 11.5. The van der Waals surface area contributed by atoms with E-state index in [0.717, 1.165) is 6.42 Å². The molecule has 0 aromatic heterocycles. The van der Waals surface area contributed by atoms with Crippen molar-refractivity contribution in [2.45, 2.75) is 127 Å². The van der Waals surface area contributed by atoms with E-state index in [-0.39, 0.29) is 35.6 Å². The Morgan fingerprint density at radius 3 is 1.78 bits per heavy atom. The molecule has 0 heterocycles. The van der Waals surface area contributed by atoms with Gasteiger partial charge in [0.2, 0.25) is 0 Å². The molecule has 1 unspecified atom stereocenters. The summed E-state index contributed by atoms with van der Waals surface area (Å²) < 4.78 is 1.51.